The Morgan fingerprint density at radius 2 is 2.14 bits per heavy atom. The number of amidine groups is 1. The fourth-order valence-electron chi connectivity index (χ4n) is 3.70. The van der Waals surface area contributed by atoms with Crippen LogP contribution in [0.2, 0.25) is 0 Å². The number of rotatable bonds is 4. The molecule has 2 aliphatic heterocycles. The summed E-state index contributed by atoms with van der Waals surface area (Å²) in [6.45, 7) is 0. The molecule has 2 aromatic rings. The molecule has 1 unspecified atom stereocenters. The molecule has 142 valence electrons. The first kappa shape index (κ1) is 17.6. The minimum atomic E-state index is -0.436. The van der Waals surface area contributed by atoms with Crippen LogP contribution in [0.5, 0.6) is 0 Å². The van der Waals surface area contributed by atoms with Gasteiger partial charge in [0.2, 0.25) is 0 Å². The number of non-ortho nitro benzene ring substituents is 1. The molecule has 10 heteroatoms. The van der Waals surface area contributed by atoms with Gasteiger partial charge in [-0.05, 0) is 42.2 Å². The summed E-state index contributed by atoms with van der Waals surface area (Å²) in [7, 11) is 0. The van der Waals surface area contributed by atoms with E-state index in [1.165, 1.54) is 40.8 Å². The highest BCUT2D eigenvalue weighted by molar-refractivity contribution is 8.17. The Morgan fingerprint density at radius 3 is 3.00 bits per heavy atom. The largest absolute Gasteiger partial charge is 0.333 e. The third kappa shape index (κ3) is 3.06. The average molecular weight is 413 g/mol. The highest BCUT2D eigenvalue weighted by atomic mass is 32.2. The van der Waals surface area contributed by atoms with Gasteiger partial charge < -0.3 is 4.98 Å². The van der Waals surface area contributed by atoms with Crippen LogP contribution in [0.4, 0.5) is 5.69 Å². The van der Waals surface area contributed by atoms with E-state index in [0.29, 0.717) is 27.8 Å². The molecule has 3 aliphatic rings. The SMILES string of the molecule is O=C1N=C(CSc2nc3ccc([N+](=O)[O-])cc3[nH]2)N=C2SC3=C(CCCC3)C12. The molecule has 28 heavy (non-hydrogen) atoms. The Balaban J connectivity index is 1.32. The van der Waals surface area contributed by atoms with Crippen LogP contribution < -0.4 is 0 Å². The van der Waals surface area contributed by atoms with E-state index in [1.807, 2.05) is 0 Å². The Labute approximate surface area is 168 Å². The Hall–Kier alpha value is -2.46. The molecule has 3 heterocycles. The number of carbonyl (C=O) groups excluding carboxylic acids is 1. The number of aliphatic imine (C=N–C) groups is 2. The van der Waals surface area contributed by atoms with Crippen LogP contribution in [0.3, 0.4) is 0 Å². The summed E-state index contributed by atoms with van der Waals surface area (Å²) in [6.07, 6.45) is 4.32. The molecule has 0 spiro atoms. The van der Waals surface area contributed by atoms with E-state index >= 15 is 0 Å². The summed E-state index contributed by atoms with van der Waals surface area (Å²) in [5.74, 6) is 0.552. The number of nitro groups is 1. The van der Waals surface area contributed by atoms with Gasteiger partial charge in [-0.1, -0.05) is 23.5 Å². The lowest BCUT2D eigenvalue weighted by atomic mass is 9.89. The van der Waals surface area contributed by atoms with Crippen molar-refractivity contribution in [1.82, 2.24) is 9.97 Å². The van der Waals surface area contributed by atoms with Crippen LogP contribution in [-0.4, -0.2) is 37.4 Å². The molecule has 1 aromatic carbocycles. The van der Waals surface area contributed by atoms with Gasteiger partial charge in [-0.3, -0.25) is 14.9 Å². The standard InChI is InChI=1S/C18H15N5O3S2/c24-16-15-10-3-1-2-4-13(10)28-17(15)22-14(21-16)8-27-18-19-11-6-5-9(23(25)26)7-12(11)20-18/h5-7,15H,1-4,8H2,(H,19,20). The van der Waals surface area contributed by atoms with Crippen LogP contribution >= 0.6 is 23.5 Å². The van der Waals surface area contributed by atoms with Gasteiger partial charge in [0.1, 0.15) is 11.8 Å². The second-order valence-corrected chi connectivity index (χ2v) is 8.88. The van der Waals surface area contributed by atoms with Crippen LogP contribution in [-0.2, 0) is 4.79 Å². The number of hydrogen-bond acceptors (Lipinski definition) is 7. The average Bonchev–Trinajstić information content (AvgIpc) is 3.26. The molecule has 1 amide bonds. The summed E-state index contributed by atoms with van der Waals surface area (Å²) in [4.78, 5) is 40.7. The predicted octanol–water partition coefficient (Wildman–Crippen LogP) is 4.09. The van der Waals surface area contributed by atoms with Crippen molar-refractivity contribution in [3.05, 3.63) is 38.8 Å². The number of allylic oxidation sites excluding steroid dienone is 1. The molecule has 1 N–H and O–H groups in total. The molecule has 0 saturated carbocycles. The quantitative estimate of drug-likeness (QED) is 0.459. The van der Waals surface area contributed by atoms with Crippen molar-refractivity contribution in [1.29, 1.82) is 0 Å². The van der Waals surface area contributed by atoms with E-state index in [-0.39, 0.29) is 17.5 Å². The minimum Gasteiger partial charge on any atom is -0.333 e. The van der Waals surface area contributed by atoms with Crippen molar-refractivity contribution in [2.75, 3.05) is 5.75 Å². The Bertz CT molecular complexity index is 1120. The number of nitrogens with zero attached hydrogens (tertiary/aromatic N) is 4. The van der Waals surface area contributed by atoms with Gasteiger partial charge in [0.15, 0.2) is 5.16 Å². The van der Waals surface area contributed by atoms with E-state index in [1.54, 1.807) is 17.8 Å². The second kappa shape index (κ2) is 6.85. The topological polar surface area (TPSA) is 114 Å². The molecular formula is C18H15N5O3S2. The van der Waals surface area contributed by atoms with Crippen LogP contribution in [0.25, 0.3) is 11.0 Å². The second-order valence-electron chi connectivity index (χ2n) is 6.80. The molecule has 8 nitrogen and oxygen atoms in total. The van der Waals surface area contributed by atoms with Crippen molar-refractivity contribution in [2.45, 2.75) is 30.8 Å². The van der Waals surface area contributed by atoms with Gasteiger partial charge in [0, 0.05) is 12.1 Å². The lowest BCUT2D eigenvalue weighted by Crippen LogP contribution is -2.26. The number of carbonyl (C=O) groups is 1. The van der Waals surface area contributed by atoms with E-state index in [4.69, 9.17) is 0 Å². The van der Waals surface area contributed by atoms with Gasteiger partial charge >= 0.3 is 0 Å². The van der Waals surface area contributed by atoms with Gasteiger partial charge in [-0.25, -0.2) is 9.98 Å². The molecule has 0 bridgehead atoms. The molecule has 5 rings (SSSR count). The summed E-state index contributed by atoms with van der Waals surface area (Å²) >= 11 is 3.03. The number of aromatic nitrogens is 2. The highest BCUT2D eigenvalue weighted by Crippen LogP contribution is 2.47. The third-order valence-electron chi connectivity index (χ3n) is 5.00. The van der Waals surface area contributed by atoms with Crippen molar-refractivity contribution in [3.8, 4) is 0 Å². The van der Waals surface area contributed by atoms with Gasteiger partial charge in [-0.15, -0.1) is 0 Å². The first-order chi connectivity index (χ1) is 13.6. The fourth-order valence-corrected chi connectivity index (χ4v) is 5.80. The molecule has 0 radical (unpaired) electrons. The van der Waals surface area contributed by atoms with E-state index < -0.39 is 4.92 Å². The zero-order chi connectivity index (χ0) is 19.3. The first-order valence-corrected chi connectivity index (χ1v) is 10.8. The van der Waals surface area contributed by atoms with Crippen molar-refractivity contribution in [2.24, 2.45) is 15.9 Å². The predicted molar refractivity (Wildman–Crippen MR) is 110 cm³/mol. The van der Waals surface area contributed by atoms with Crippen LogP contribution in [0.1, 0.15) is 25.7 Å². The summed E-state index contributed by atoms with van der Waals surface area (Å²) in [5, 5.41) is 12.4. The van der Waals surface area contributed by atoms with Crippen molar-refractivity contribution >= 4 is 57.0 Å². The Kier molecular flexibility index (Phi) is 4.31. The number of H-pyrrole nitrogens is 1. The maximum Gasteiger partial charge on any atom is 0.271 e. The highest BCUT2D eigenvalue weighted by Gasteiger charge is 2.40. The molecule has 1 aromatic heterocycles. The number of fused-ring (bicyclic) bond motifs is 3. The maximum atomic E-state index is 12.6. The molecule has 1 atom stereocenters. The van der Waals surface area contributed by atoms with Crippen LogP contribution in [0.15, 0.2) is 43.8 Å². The van der Waals surface area contributed by atoms with Crippen molar-refractivity contribution < 1.29 is 9.72 Å². The zero-order valence-electron chi connectivity index (χ0n) is 14.7. The molecule has 0 fully saturated rings. The number of benzene rings is 1. The zero-order valence-corrected chi connectivity index (χ0v) is 16.3. The summed E-state index contributed by atoms with van der Waals surface area (Å²) in [5.41, 5.74) is 2.51. The number of hydrogen-bond donors (Lipinski definition) is 1. The lowest BCUT2D eigenvalue weighted by Gasteiger charge is -2.18. The lowest BCUT2D eigenvalue weighted by molar-refractivity contribution is -0.384. The minimum absolute atomic E-state index is 0.0159. The first-order valence-electron chi connectivity index (χ1n) is 8.95. The normalized spacial score (nSPS) is 21.4. The molecular weight excluding hydrogens is 398 g/mol. The molecule has 1 aliphatic carbocycles. The number of amides is 1. The summed E-state index contributed by atoms with van der Waals surface area (Å²) in [6, 6.07) is 4.51. The molecule has 0 saturated heterocycles. The van der Waals surface area contributed by atoms with E-state index in [0.717, 1.165) is 24.3 Å². The fraction of sp³-hybridized carbons (Fsp3) is 0.333. The smallest absolute Gasteiger partial charge is 0.271 e. The number of thioether (sulfide) groups is 2. The van der Waals surface area contributed by atoms with Gasteiger partial charge in [0.25, 0.3) is 11.6 Å². The van der Waals surface area contributed by atoms with E-state index in [9.17, 15) is 14.9 Å². The number of nitro benzene ring substituents is 1. The van der Waals surface area contributed by atoms with Gasteiger partial charge in [0.05, 0.1) is 26.8 Å². The van der Waals surface area contributed by atoms with Gasteiger partial charge in [-0.2, -0.15) is 4.99 Å². The third-order valence-corrected chi connectivity index (χ3v) is 7.12. The maximum absolute atomic E-state index is 12.6. The van der Waals surface area contributed by atoms with Crippen LogP contribution in [0, 0.1) is 16.0 Å². The number of imidazole rings is 1. The number of aromatic amines is 1. The monoisotopic (exact) mass is 413 g/mol. The number of nitrogens with one attached hydrogen (secondary N) is 1. The Morgan fingerprint density at radius 1 is 1.29 bits per heavy atom. The van der Waals surface area contributed by atoms with E-state index in [2.05, 4.69) is 20.0 Å². The summed E-state index contributed by atoms with van der Waals surface area (Å²) < 4.78 is 0. The van der Waals surface area contributed by atoms with Crippen molar-refractivity contribution in [3.63, 3.8) is 0 Å².